The molecule has 0 unspecified atom stereocenters. The van der Waals surface area contributed by atoms with E-state index in [4.69, 9.17) is 4.74 Å². The molecule has 0 radical (unpaired) electrons. The van der Waals surface area contributed by atoms with Crippen molar-refractivity contribution in [2.75, 3.05) is 18.1 Å². The maximum atomic E-state index is 14.1. The summed E-state index contributed by atoms with van der Waals surface area (Å²) in [5.41, 5.74) is 0.901. The molecule has 1 aromatic heterocycles. The van der Waals surface area contributed by atoms with Gasteiger partial charge >= 0.3 is 0 Å². The largest absolute Gasteiger partial charge is 0.490 e. The third kappa shape index (κ3) is 5.06. The lowest BCUT2D eigenvalue weighted by atomic mass is 10.2. The Hall–Kier alpha value is -3.06. The molecule has 0 saturated heterocycles. The van der Waals surface area contributed by atoms with Crippen LogP contribution in [0.3, 0.4) is 0 Å². The number of aromatic nitrogens is 2. The van der Waals surface area contributed by atoms with Crippen molar-refractivity contribution in [2.24, 2.45) is 0 Å². The van der Waals surface area contributed by atoms with Crippen molar-refractivity contribution in [3.8, 4) is 16.3 Å². The van der Waals surface area contributed by atoms with Gasteiger partial charge in [-0.2, -0.15) is 0 Å². The molecule has 1 amide bonds. The average molecular weight is 412 g/mol. The van der Waals surface area contributed by atoms with E-state index >= 15 is 0 Å². The van der Waals surface area contributed by atoms with Crippen LogP contribution in [0.1, 0.15) is 30.1 Å². The third-order valence-electron chi connectivity index (χ3n) is 4.20. The highest BCUT2D eigenvalue weighted by Crippen LogP contribution is 2.31. The standard InChI is InChI=1S/C22H22FN3O2S/c1-3-5-14-26(21(27)18-8-6-7-9-19(18)23)22-25-24-20(29-22)16-10-12-17(13-11-16)28-15-4-2/h4,6-13H,2-3,5,14-15H2,1H3. The van der Waals surface area contributed by atoms with Crippen molar-refractivity contribution in [3.05, 3.63) is 72.6 Å². The Morgan fingerprint density at radius 3 is 2.66 bits per heavy atom. The second-order valence-corrected chi connectivity index (χ2v) is 7.26. The number of hydrogen-bond donors (Lipinski definition) is 0. The Morgan fingerprint density at radius 1 is 1.21 bits per heavy atom. The number of unbranched alkanes of at least 4 members (excludes halogenated alkanes) is 1. The SMILES string of the molecule is C=CCOc1ccc(-c2nnc(N(CCCC)C(=O)c3ccccc3F)s2)cc1. The molecule has 0 aliphatic carbocycles. The second kappa shape index (κ2) is 9.93. The van der Waals surface area contributed by atoms with Crippen molar-refractivity contribution in [1.29, 1.82) is 0 Å². The summed E-state index contributed by atoms with van der Waals surface area (Å²) in [5.74, 6) is -0.219. The zero-order valence-corrected chi connectivity index (χ0v) is 17.0. The maximum absolute atomic E-state index is 14.1. The maximum Gasteiger partial charge on any atom is 0.263 e. The third-order valence-corrected chi connectivity index (χ3v) is 5.19. The van der Waals surface area contributed by atoms with Gasteiger partial charge in [-0.3, -0.25) is 9.69 Å². The number of amides is 1. The molecule has 0 atom stereocenters. The number of carbonyl (C=O) groups excluding carboxylic acids is 1. The van der Waals surface area contributed by atoms with Crippen LogP contribution in [0.5, 0.6) is 5.75 Å². The molecule has 150 valence electrons. The van der Waals surface area contributed by atoms with E-state index in [-0.39, 0.29) is 5.56 Å². The predicted molar refractivity (Wildman–Crippen MR) is 114 cm³/mol. The monoisotopic (exact) mass is 411 g/mol. The minimum absolute atomic E-state index is 0.0315. The van der Waals surface area contributed by atoms with Gasteiger partial charge in [0.1, 0.15) is 23.2 Å². The molecule has 0 saturated carbocycles. The first-order valence-corrected chi connectivity index (χ1v) is 10.2. The van der Waals surface area contributed by atoms with E-state index in [2.05, 4.69) is 16.8 Å². The first-order chi connectivity index (χ1) is 14.1. The fourth-order valence-electron chi connectivity index (χ4n) is 2.67. The van der Waals surface area contributed by atoms with Crippen LogP contribution in [0.2, 0.25) is 0 Å². The molecule has 1 heterocycles. The topological polar surface area (TPSA) is 55.3 Å². The lowest BCUT2D eigenvalue weighted by Crippen LogP contribution is -2.32. The molecule has 0 fully saturated rings. The molecule has 7 heteroatoms. The Kier molecular flexibility index (Phi) is 7.08. The van der Waals surface area contributed by atoms with Crippen LogP contribution in [0.4, 0.5) is 9.52 Å². The van der Waals surface area contributed by atoms with E-state index in [0.29, 0.717) is 23.3 Å². The molecule has 0 spiro atoms. The molecule has 5 nitrogen and oxygen atoms in total. The van der Waals surface area contributed by atoms with Crippen molar-refractivity contribution in [3.63, 3.8) is 0 Å². The molecule has 3 aromatic rings. The van der Waals surface area contributed by atoms with Crippen molar-refractivity contribution in [2.45, 2.75) is 19.8 Å². The number of halogens is 1. The van der Waals surface area contributed by atoms with Crippen LogP contribution in [0.15, 0.2) is 61.2 Å². The van der Waals surface area contributed by atoms with E-state index in [1.807, 2.05) is 31.2 Å². The van der Waals surface area contributed by atoms with Crippen LogP contribution in [-0.2, 0) is 0 Å². The zero-order valence-electron chi connectivity index (χ0n) is 16.2. The van der Waals surface area contributed by atoms with E-state index in [1.54, 1.807) is 18.2 Å². The van der Waals surface area contributed by atoms with Crippen LogP contribution in [0, 0.1) is 5.82 Å². The molecule has 29 heavy (non-hydrogen) atoms. The van der Waals surface area contributed by atoms with Gasteiger partial charge < -0.3 is 4.74 Å². The van der Waals surface area contributed by atoms with E-state index in [9.17, 15) is 9.18 Å². The van der Waals surface area contributed by atoms with E-state index in [1.165, 1.54) is 28.4 Å². The van der Waals surface area contributed by atoms with Crippen LogP contribution in [-0.4, -0.2) is 29.3 Å². The summed E-state index contributed by atoms with van der Waals surface area (Å²) in [6.07, 6.45) is 3.37. The number of nitrogens with zero attached hydrogens (tertiary/aromatic N) is 3. The van der Waals surface area contributed by atoms with E-state index < -0.39 is 11.7 Å². The predicted octanol–water partition coefficient (Wildman–Crippen LogP) is 5.36. The molecule has 3 rings (SSSR count). The summed E-state index contributed by atoms with van der Waals surface area (Å²) in [4.78, 5) is 14.5. The normalized spacial score (nSPS) is 10.6. The van der Waals surface area contributed by atoms with Gasteiger partial charge in [-0.25, -0.2) is 4.39 Å². The molecule has 0 aliphatic rings. The highest BCUT2D eigenvalue weighted by Gasteiger charge is 2.23. The minimum Gasteiger partial charge on any atom is -0.490 e. The number of benzene rings is 2. The molecule has 0 bridgehead atoms. The summed E-state index contributed by atoms with van der Waals surface area (Å²) in [7, 11) is 0. The Labute approximate surface area is 173 Å². The van der Waals surface area contributed by atoms with Gasteiger partial charge in [-0.15, -0.1) is 10.2 Å². The van der Waals surface area contributed by atoms with Gasteiger partial charge in [0.15, 0.2) is 0 Å². The fraction of sp³-hybridized carbons (Fsp3) is 0.227. The molecule has 0 aliphatic heterocycles. The molecule has 2 aromatic carbocycles. The molecular formula is C22H22FN3O2S. The smallest absolute Gasteiger partial charge is 0.263 e. The van der Waals surface area contributed by atoms with Crippen molar-refractivity contribution >= 4 is 22.4 Å². The zero-order chi connectivity index (χ0) is 20.6. The lowest BCUT2D eigenvalue weighted by Gasteiger charge is -2.19. The summed E-state index contributed by atoms with van der Waals surface area (Å²) in [6, 6.07) is 13.4. The summed E-state index contributed by atoms with van der Waals surface area (Å²) >= 11 is 1.30. The molecule has 0 N–H and O–H groups in total. The lowest BCUT2D eigenvalue weighted by molar-refractivity contribution is 0.0982. The van der Waals surface area contributed by atoms with Gasteiger partial charge in [0.2, 0.25) is 5.13 Å². The fourth-order valence-corrected chi connectivity index (χ4v) is 3.55. The summed E-state index contributed by atoms with van der Waals surface area (Å²) < 4.78 is 19.6. The first kappa shape index (κ1) is 20.7. The number of rotatable bonds is 9. The van der Waals surface area contributed by atoms with E-state index in [0.717, 1.165) is 24.2 Å². The van der Waals surface area contributed by atoms with Crippen molar-refractivity contribution in [1.82, 2.24) is 10.2 Å². The quantitative estimate of drug-likeness (QED) is 0.445. The number of ether oxygens (including phenoxy) is 1. The van der Waals surface area contributed by atoms with Gasteiger partial charge in [0, 0.05) is 12.1 Å². The van der Waals surface area contributed by atoms with Crippen LogP contribution >= 0.6 is 11.3 Å². The highest BCUT2D eigenvalue weighted by molar-refractivity contribution is 7.18. The Balaban J connectivity index is 1.85. The second-order valence-electron chi connectivity index (χ2n) is 6.30. The van der Waals surface area contributed by atoms with Gasteiger partial charge in [0.05, 0.1) is 5.56 Å². The number of anilines is 1. The number of carbonyl (C=O) groups is 1. The summed E-state index contributed by atoms with van der Waals surface area (Å²) in [5, 5.41) is 9.56. The van der Waals surface area contributed by atoms with Gasteiger partial charge in [0.25, 0.3) is 5.91 Å². The Morgan fingerprint density at radius 2 is 1.97 bits per heavy atom. The van der Waals surface area contributed by atoms with Gasteiger partial charge in [-0.05, 0) is 42.8 Å². The minimum atomic E-state index is -0.543. The first-order valence-electron chi connectivity index (χ1n) is 9.38. The molecular weight excluding hydrogens is 389 g/mol. The average Bonchev–Trinajstić information content (AvgIpc) is 3.23. The van der Waals surface area contributed by atoms with Crippen molar-refractivity contribution < 1.29 is 13.9 Å². The Bertz CT molecular complexity index is 972. The van der Waals surface area contributed by atoms with Crippen LogP contribution in [0.25, 0.3) is 10.6 Å². The summed E-state index contributed by atoms with van der Waals surface area (Å²) in [6.45, 7) is 6.55. The van der Waals surface area contributed by atoms with Crippen LogP contribution < -0.4 is 9.64 Å². The van der Waals surface area contributed by atoms with Gasteiger partial charge in [-0.1, -0.05) is 49.5 Å². The highest BCUT2D eigenvalue weighted by atomic mass is 32.1. The number of hydrogen-bond acceptors (Lipinski definition) is 5.